The molecule has 1 amide bonds. The maximum absolute atomic E-state index is 12.3. The van der Waals surface area contributed by atoms with E-state index >= 15 is 0 Å². The van der Waals surface area contributed by atoms with E-state index in [2.05, 4.69) is 20.6 Å². The molecule has 0 bridgehead atoms. The maximum atomic E-state index is 12.3. The first kappa shape index (κ1) is 17.9. The van der Waals surface area contributed by atoms with Gasteiger partial charge in [0.25, 0.3) is 5.91 Å². The van der Waals surface area contributed by atoms with Crippen LogP contribution in [-0.2, 0) is 0 Å². The van der Waals surface area contributed by atoms with Crippen molar-refractivity contribution in [2.75, 3.05) is 18.5 Å². The summed E-state index contributed by atoms with van der Waals surface area (Å²) < 4.78 is 5.57. The summed E-state index contributed by atoms with van der Waals surface area (Å²) in [6.45, 7) is 0.818. The number of nitrogens with zero attached hydrogens (tertiary/aromatic N) is 2. The molecule has 0 fully saturated rings. The van der Waals surface area contributed by atoms with Crippen LogP contribution in [0.15, 0.2) is 73.1 Å². The molecule has 0 aliphatic rings. The number of hydrogen-bond donors (Lipinski definition) is 2. The molecule has 2 aromatic carbocycles. The van der Waals surface area contributed by atoms with Gasteiger partial charge in [0.2, 0.25) is 0 Å². The van der Waals surface area contributed by atoms with Crippen molar-refractivity contribution in [3.05, 3.63) is 77.9 Å². The summed E-state index contributed by atoms with van der Waals surface area (Å²) in [6.07, 6.45) is 3.31. The van der Waals surface area contributed by atoms with E-state index in [0.717, 1.165) is 22.3 Å². The smallest absolute Gasteiger partial charge is 0.263 e. The molecule has 2 N–H and O–H groups in total. The van der Waals surface area contributed by atoms with Gasteiger partial charge < -0.3 is 15.4 Å². The number of thiazole rings is 1. The highest BCUT2D eigenvalue weighted by Crippen LogP contribution is 2.26. The molecule has 4 rings (SSSR count). The van der Waals surface area contributed by atoms with Gasteiger partial charge in [-0.25, -0.2) is 9.97 Å². The molecule has 4 aromatic rings. The SMILES string of the molecule is O=C(NCCOc1ccccc1)c1cnc(Nc2nccc3ccccc23)s1. The molecule has 28 heavy (non-hydrogen) atoms. The number of carbonyl (C=O) groups is 1. The molecule has 0 aliphatic heterocycles. The summed E-state index contributed by atoms with van der Waals surface area (Å²) in [6, 6.07) is 19.4. The Morgan fingerprint density at radius 1 is 1.00 bits per heavy atom. The first-order chi connectivity index (χ1) is 13.8. The van der Waals surface area contributed by atoms with Crippen molar-refractivity contribution in [1.29, 1.82) is 0 Å². The average molecular weight is 390 g/mol. The Morgan fingerprint density at radius 3 is 2.71 bits per heavy atom. The van der Waals surface area contributed by atoms with Crippen molar-refractivity contribution in [2.45, 2.75) is 0 Å². The second kappa shape index (κ2) is 8.49. The van der Waals surface area contributed by atoms with Crippen LogP contribution in [-0.4, -0.2) is 29.0 Å². The predicted molar refractivity (Wildman–Crippen MR) is 111 cm³/mol. The number of anilines is 2. The van der Waals surface area contributed by atoms with E-state index in [0.29, 0.717) is 23.2 Å². The lowest BCUT2D eigenvalue weighted by Gasteiger charge is -2.06. The van der Waals surface area contributed by atoms with E-state index in [9.17, 15) is 4.79 Å². The Morgan fingerprint density at radius 2 is 1.82 bits per heavy atom. The molecule has 7 heteroatoms. The molecule has 2 heterocycles. The van der Waals surface area contributed by atoms with E-state index in [-0.39, 0.29) is 5.91 Å². The van der Waals surface area contributed by atoms with Crippen molar-refractivity contribution < 1.29 is 9.53 Å². The number of carbonyl (C=O) groups excluding carboxylic acids is 1. The second-order valence-corrected chi connectivity index (χ2v) is 6.98. The van der Waals surface area contributed by atoms with Gasteiger partial charge in [0.05, 0.1) is 12.7 Å². The van der Waals surface area contributed by atoms with Crippen molar-refractivity contribution in [2.24, 2.45) is 0 Å². The van der Waals surface area contributed by atoms with E-state index in [1.165, 1.54) is 11.3 Å². The number of fused-ring (bicyclic) bond motifs is 1. The molecular weight excluding hydrogens is 372 g/mol. The molecule has 0 aliphatic carbocycles. The third-order valence-electron chi connectivity index (χ3n) is 4.03. The van der Waals surface area contributed by atoms with Crippen molar-refractivity contribution in [3.8, 4) is 5.75 Å². The molecule has 0 saturated carbocycles. The fourth-order valence-electron chi connectivity index (χ4n) is 2.69. The predicted octanol–water partition coefficient (Wildman–Crippen LogP) is 4.24. The Bertz CT molecular complexity index is 1080. The fourth-order valence-corrected chi connectivity index (χ4v) is 3.43. The molecule has 140 valence electrons. The molecule has 2 aromatic heterocycles. The van der Waals surface area contributed by atoms with Crippen LogP contribution in [0, 0.1) is 0 Å². The Kier molecular flexibility index (Phi) is 5.44. The normalized spacial score (nSPS) is 10.6. The van der Waals surface area contributed by atoms with Gasteiger partial charge in [-0.15, -0.1) is 0 Å². The van der Waals surface area contributed by atoms with Crippen LogP contribution in [0.5, 0.6) is 5.75 Å². The number of para-hydroxylation sites is 1. The minimum atomic E-state index is -0.173. The largest absolute Gasteiger partial charge is 0.492 e. The van der Waals surface area contributed by atoms with Crippen LogP contribution in [0.25, 0.3) is 10.8 Å². The molecule has 0 spiro atoms. The van der Waals surface area contributed by atoms with Gasteiger partial charge in [0.15, 0.2) is 5.13 Å². The monoisotopic (exact) mass is 390 g/mol. The number of hydrogen-bond acceptors (Lipinski definition) is 6. The van der Waals surface area contributed by atoms with Gasteiger partial charge in [-0.05, 0) is 23.6 Å². The van der Waals surface area contributed by atoms with Crippen molar-refractivity contribution in [1.82, 2.24) is 15.3 Å². The highest BCUT2D eigenvalue weighted by atomic mass is 32.1. The van der Waals surface area contributed by atoms with E-state index in [4.69, 9.17) is 4.74 Å². The number of pyridine rings is 1. The first-order valence-corrected chi connectivity index (χ1v) is 9.64. The zero-order valence-corrected chi connectivity index (χ0v) is 15.8. The van der Waals surface area contributed by atoms with Gasteiger partial charge in [-0.3, -0.25) is 4.79 Å². The second-order valence-electron chi connectivity index (χ2n) is 5.95. The molecule has 0 atom stereocenters. The van der Waals surface area contributed by atoms with Crippen LogP contribution in [0.3, 0.4) is 0 Å². The first-order valence-electron chi connectivity index (χ1n) is 8.82. The summed E-state index contributed by atoms with van der Waals surface area (Å²) >= 11 is 1.28. The van der Waals surface area contributed by atoms with Crippen LogP contribution < -0.4 is 15.4 Å². The van der Waals surface area contributed by atoms with Crippen LogP contribution in [0.2, 0.25) is 0 Å². The minimum Gasteiger partial charge on any atom is -0.492 e. The van der Waals surface area contributed by atoms with Gasteiger partial charge >= 0.3 is 0 Å². The van der Waals surface area contributed by atoms with Crippen LogP contribution >= 0.6 is 11.3 Å². The third-order valence-corrected chi connectivity index (χ3v) is 4.94. The molecule has 6 nitrogen and oxygen atoms in total. The van der Waals surface area contributed by atoms with E-state index in [1.54, 1.807) is 12.4 Å². The standard InChI is InChI=1S/C21H18N4O2S/c26-20(23-12-13-27-16-7-2-1-3-8-16)18-14-24-21(28-18)25-19-17-9-5-4-6-15(17)10-11-22-19/h1-11,14H,12-13H2,(H,23,26)(H,22,24,25). The number of amides is 1. The zero-order valence-electron chi connectivity index (χ0n) is 15.0. The summed E-state index contributed by atoms with van der Waals surface area (Å²) in [5, 5.41) is 8.76. The Hall–Kier alpha value is -3.45. The third kappa shape index (κ3) is 4.27. The number of rotatable bonds is 7. The molecule has 0 unspecified atom stereocenters. The lowest BCUT2D eigenvalue weighted by molar-refractivity contribution is 0.0951. The molecule has 0 saturated heterocycles. The summed E-state index contributed by atoms with van der Waals surface area (Å²) in [7, 11) is 0. The fraction of sp³-hybridized carbons (Fsp3) is 0.0952. The highest BCUT2D eigenvalue weighted by Gasteiger charge is 2.11. The van der Waals surface area contributed by atoms with Gasteiger partial charge in [0, 0.05) is 11.6 Å². The molecule has 0 radical (unpaired) electrons. The topological polar surface area (TPSA) is 76.1 Å². The van der Waals surface area contributed by atoms with Gasteiger partial charge in [-0.1, -0.05) is 53.8 Å². The van der Waals surface area contributed by atoms with Crippen LogP contribution in [0.4, 0.5) is 10.9 Å². The summed E-state index contributed by atoms with van der Waals surface area (Å²) in [5.41, 5.74) is 0. The zero-order chi connectivity index (χ0) is 19.2. The quantitative estimate of drug-likeness (QED) is 0.462. The number of aromatic nitrogens is 2. The van der Waals surface area contributed by atoms with E-state index in [1.807, 2.05) is 60.7 Å². The van der Waals surface area contributed by atoms with Crippen molar-refractivity contribution >= 4 is 39.0 Å². The number of benzene rings is 2. The van der Waals surface area contributed by atoms with Crippen molar-refractivity contribution in [3.63, 3.8) is 0 Å². The lowest BCUT2D eigenvalue weighted by atomic mass is 10.2. The highest BCUT2D eigenvalue weighted by molar-refractivity contribution is 7.17. The maximum Gasteiger partial charge on any atom is 0.263 e. The summed E-state index contributed by atoms with van der Waals surface area (Å²) in [4.78, 5) is 21.5. The number of nitrogens with one attached hydrogen (secondary N) is 2. The van der Waals surface area contributed by atoms with Gasteiger partial charge in [-0.2, -0.15) is 0 Å². The lowest BCUT2D eigenvalue weighted by Crippen LogP contribution is -2.27. The average Bonchev–Trinajstić information content (AvgIpc) is 3.21. The van der Waals surface area contributed by atoms with E-state index < -0.39 is 0 Å². The van der Waals surface area contributed by atoms with Gasteiger partial charge in [0.1, 0.15) is 23.1 Å². The minimum absolute atomic E-state index is 0.173. The molecular formula is C21H18N4O2S. The Labute approximate surface area is 166 Å². The summed E-state index contributed by atoms with van der Waals surface area (Å²) in [5.74, 6) is 1.33. The number of ether oxygens (including phenoxy) is 1. The van der Waals surface area contributed by atoms with Crippen LogP contribution in [0.1, 0.15) is 9.67 Å². The Balaban J connectivity index is 1.34.